The van der Waals surface area contributed by atoms with Gasteiger partial charge in [-0.2, -0.15) is 0 Å². The van der Waals surface area contributed by atoms with Gasteiger partial charge in [-0.15, -0.1) is 0 Å². The van der Waals surface area contributed by atoms with Crippen molar-refractivity contribution >= 4 is 10.0 Å². The summed E-state index contributed by atoms with van der Waals surface area (Å²) in [5.74, 6) is 0. The second kappa shape index (κ2) is 3.61. The lowest BCUT2D eigenvalue weighted by Crippen LogP contribution is -2.26. The first-order chi connectivity index (χ1) is 6.99. The summed E-state index contributed by atoms with van der Waals surface area (Å²) >= 11 is 0. The predicted octanol–water partition coefficient (Wildman–Crippen LogP) is 1.74. The molecule has 82 valence electrons. The average Bonchev–Trinajstić information content (AvgIpc) is 2.92. The Hall–Kier alpha value is -0.870. The summed E-state index contributed by atoms with van der Waals surface area (Å²) in [6.07, 6.45) is 1.92. The van der Waals surface area contributed by atoms with Crippen LogP contribution >= 0.6 is 0 Å². The Morgan fingerprint density at radius 1 is 1.27 bits per heavy atom. The molecule has 4 heteroatoms. The van der Waals surface area contributed by atoms with Crippen molar-refractivity contribution in [3.63, 3.8) is 0 Å². The van der Waals surface area contributed by atoms with Gasteiger partial charge in [0.1, 0.15) is 0 Å². The number of hydrogen-bond donors (Lipinski definition) is 1. The standard InChI is InChI=1S/C11H15NO2S/c1-8-3-4-9(2)11(7-8)15(13,14)12-10-5-6-10/h3-4,7,10,12H,5-6H2,1-2H3. The van der Waals surface area contributed by atoms with E-state index >= 15 is 0 Å². The van der Waals surface area contributed by atoms with Crippen LogP contribution in [0, 0.1) is 13.8 Å². The number of nitrogens with one attached hydrogen (secondary N) is 1. The van der Waals surface area contributed by atoms with Gasteiger partial charge in [-0.3, -0.25) is 0 Å². The fourth-order valence-electron chi connectivity index (χ4n) is 1.48. The number of sulfonamides is 1. The average molecular weight is 225 g/mol. The molecule has 0 radical (unpaired) electrons. The molecule has 15 heavy (non-hydrogen) atoms. The van der Waals surface area contributed by atoms with Crippen molar-refractivity contribution in [1.29, 1.82) is 0 Å². The van der Waals surface area contributed by atoms with Gasteiger partial charge >= 0.3 is 0 Å². The first-order valence-corrected chi connectivity index (χ1v) is 6.57. The molecule has 1 fully saturated rings. The van der Waals surface area contributed by atoms with Crippen LogP contribution in [0.3, 0.4) is 0 Å². The van der Waals surface area contributed by atoms with E-state index in [0.29, 0.717) is 4.90 Å². The van der Waals surface area contributed by atoms with Crippen LogP contribution < -0.4 is 4.72 Å². The highest BCUT2D eigenvalue weighted by Crippen LogP contribution is 2.23. The zero-order valence-electron chi connectivity index (χ0n) is 8.95. The molecule has 1 saturated carbocycles. The van der Waals surface area contributed by atoms with E-state index in [-0.39, 0.29) is 6.04 Å². The molecule has 1 aromatic rings. The maximum atomic E-state index is 11.9. The van der Waals surface area contributed by atoms with Gasteiger partial charge in [0.2, 0.25) is 10.0 Å². The van der Waals surface area contributed by atoms with Crippen molar-refractivity contribution in [1.82, 2.24) is 4.72 Å². The van der Waals surface area contributed by atoms with Gasteiger partial charge in [0, 0.05) is 6.04 Å². The van der Waals surface area contributed by atoms with Crippen LogP contribution in [-0.2, 0) is 10.0 Å². The van der Waals surface area contributed by atoms with Crippen molar-refractivity contribution in [2.75, 3.05) is 0 Å². The van der Waals surface area contributed by atoms with Crippen LogP contribution in [-0.4, -0.2) is 14.5 Å². The molecule has 1 N–H and O–H groups in total. The molecule has 0 aliphatic heterocycles. The summed E-state index contributed by atoms with van der Waals surface area (Å²) in [6, 6.07) is 5.65. The van der Waals surface area contributed by atoms with E-state index < -0.39 is 10.0 Å². The van der Waals surface area contributed by atoms with Gasteiger partial charge in [-0.25, -0.2) is 13.1 Å². The SMILES string of the molecule is Cc1ccc(C)c(S(=O)(=O)NC2CC2)c1. The zero-order chi connectivity index (χ0) is 11.1. The lowest BCUT2D eigenvalue weighted by molar-refractivity contribution is 0.580. The molecule has 1 aliphatic rings. The van der Waals surface area contributed by atoms with E-state index in [4.69, 9.17) is 0 Å². The summed E-state index contributed by atoms with van der Waals surface area (Å²) in [7, 11) is -3.30. The minimum atomic E-state index is -3.30. The van der Waals surface area contributed by atoms with Crippen molar-refractivity contribution in [2.24, 2.45) is 0 Å². The quantitative estimate of drug-likeness (QED) is 0.851. The Labute approximate surface area is 90.6 Å². The van der Waals surface area contributed by atoms with Crippen LogP contribution in [0.1, 0.15) is 24.0 Å². The first-order valence-electron chi connectivity index (χ1n) is 5.08. The fourth-order valence-corrected chi connectivity index (χ4v) is 3.12. The van der Waals surface area contributed by atoms with Crippen molar-refractivity contribution < 1.29 is 8.42 Å². The van der Waals surface area contributed by atoms with E-state index in [0.717, 1.165) is 24.0 Å². The molecule has 0 atom stereocenters. The molecule has 0 heterocycles. The number of aryl methyl sites for hydroxylation is 2. The van der Waals surface area contributed by atoms with Gasteiger partial charge in [0.05, 0.1) is 4.90 Å². The molecule has 2 rings (SSSR count). The minimum Gasteiger partial charge on any atom is -0.208 e. The molecule has 0 aromatic heterocycles. The third kappa shape index (κ3) is 2.38. The van der Waals surface area contributed by atoms with Crippen LogP contribution in [0.5, 0.6) is 0 Å². The Bertz CT molecular complexity index is 475. The molecular weight excluding hydrogens is 210 g/mol. The second-order valence-electron chi connectivity index (χ2n) is 4.16. The lowest BCUT2D eigenvalue weighted by Gasteiger charge is -2.09. The van der Waals surface area contributed by atoms with Gasteiger partial charge < -0.3 is 0 Å². The number of hydrogen-bond acceptors (Lipinski definition) is 2. The van der Waals surface area contributed by atoms with Gasteiger partial charge in [0.15, 0.2) is 0 Å². The summed E-state index contributed by atoms with van der Waals surface area (Å²) in [6.45, 7) is 3.72. The third-order valence-electron chi connectivity index (χ3n) is 2.53. The first kappa shape index (κ1) is 10.6. The van der Waals surface area contributed by atoms with Crippen LogP contribution in [0.4, 0.5) is 0 Å². The Kier molecular flexibility index (Phi) is 2.56. The van der Waals surface area contributed by atoms with E-state index in [9.17, 15) is 8.42 Å². The summed E-state index contributed by atoms with van der Waals surface area (Å²) < 4.78 is 26.6. The predicted molar refractivity (Wildman–Crippen MR) is 59.3 cm³/mol. The topological polar surface area (TPSA) is 46.2 Å². The minimum absolute atomic E-state index is 0.162. The summed E-state index contributed by atoms with van der Waals surface area (Å²) in [5, 5.41) is 0. The van der Waals surface area contributed by atoms with Crippen LogP contribution in [0.2, 0.25) is 0 Å². The van der Waals surface area contributed by atoms with E-state index in [1.54, 1.807) is 6.07 Å². The normalized spacial score (nSPS) is 16.7. The molecule has 0 bridgehead atoms. The molecule has 3 nitrogen and oxygen atoms in total. The molecule has 0 amide bonds. The second-order valence-corrected chi connectivity index (χ2v) is 5.85. The van der Waals surface area contributed by atoms with E-state index in [1.165, 1.54) is 0 Å². The zero-order valence-corrected chi connectivity index (χ0v) is 9.76. The summed E-state index contributed by atoms with van der Waals surface area (Å²) in [5.41, 5.74) is 1.77. The third-order valence-corrected chi connectivity index (χ3v) is 4.19. The molecule has 0 unspecified atom stereocenters. The molecule has 0 saturated heterocycles. The van der Waals surface area contributed by atoms with E-state index in [1.807, 2.05) is 26.0 Å². The number of rotatable bonds is 3. The Morgan fingerprint density at radius 3 is 2.53 bits per heavy atom. The highest BCUT2D eigenvalue weighted by molar-refractivity contribution is 7.89. The number of benzene rings is 1. The highest BCUT2D eigenvalue weighted by Gasteiger charge is 2.28. The van der Waals surface area contributed by atoms with Crippen LogP contribution in [0.15, 0.2) is 23.1 Å². The molecule has 0 spiro atoms. The molecule has 1 aromatic carbocycles. The monoisotopic (exact) mass is 225 g/mol. The van der Waals surface area contributed by atoms with Gasteiger partial charge in [-0.1, -0.05) is 12.1 Å². The lowest BCUT2D eigenvalue weighted by atomic mass is 10.2. The van der Waals surface area contributed by atoms with Gasteiger partial charge in [-0.05, 0) is 43.9 Å². The van der Waals surface area contributed by atoms with Crippen molar-refractivity contribution in [3.05, 3.63) is 29.3 Å². The molecular formula is C11H15NO2S. The van der Waals surface area contributed by atoms with Gasteiger partial charge in [0.25, 0.3) is 0 Å². The fraction of sp³-hybridized carbons (Fsp3) is 0.455. The van der Waals surface area contributed by atoms with Crippen molar-refractivity contribution in [2.45, 2.75) is 37.6 Å². The Balaban J connectivity index is 2.38. The van der Waals surface area contributed by atoms with E-state index in [2.05, 4.69) is 4.72 Å². The maximum absolute atomic E-state index is 11.9. The Morgan fingerprint density at radius 2 is 1.93 bits per heavy atom. The summed E-state index contributed by atoms with van der Waals surface area (Å²) in [4.78, 5) is 0.411. The highest BCUT2D eigenvalue weighted by atomic mass is 32.2. The molecule has 1 aliphatic carbocycles. The largest absolute Gasteiger partial charge is 0.241 e. The van der Waals surface area contributed by atoms with Crippen LogP contribution in [0.25, 0.3) is 0 Å². The van der Waals surface area contributed by atoms with Crippen molar-refractivity contribution in [3.8, 4) is 0 Å². The smallest absolute Gasteiger partial charge is 0.208 e. The maximum Gasteiger partial charge on any atom is 0.241 e.